The Morgan fingerprint density at radius 1 is 0.677 bits per heavy atom. The maximum atomic E-state index is 12.0. The number of nitrogens with zero attached hydrogens (tertiary/aromatic N) is 1. The highest BCUT2D eigenvalue weighted by Gasteiger charge is 2.45. The predicted molar refractivity (Wildman–Crippen MR) is 124 cm³/mol. The number of aromatic nitrogens is 1. The van der Waals surface area contributed by atoms with Crippen molar-refractivity contribution in [3.8, 4) is 0 Å². The van der Waals surface area contributed by atoms with Gasteiger partial charge < -0.3 is 19.6 Å². The molecule has 0 aliphatic heterocycles. The fourth-order valence-corrected chi connectivity index (χ4v) is 7.08. The van der Waals surface area contributed by atoms with E-state index in [2.05, 4.69) is 25.3 Å². The Morgan fingerprint density at radius 2 is 1.16 bits per heavy atom. The van der Waals surface area contributed by atoms with Gasteiger partial charge in [0.25, 0.3) is 0 Å². The number of rotatable bonds is 14. The molecular weight excluding hydrogens is 436 g/mol. The number of unbranched alkanes of at least 4 members (excludes halogenated alkanes) is 4. The maximum Gasteiger partial charge on any atom is 0.341 e. The van der Waals surface area contributed by atoms with Gasteiger partial charge in [-0.3, -0.25) is 9.13 Å². The SMILES string of the molecule is CCCCCCC[n+]1c(CC)c(CC)c(CC)c(CC(P(=O)(O)O)P(=O)(O)O)c1CC. The lowest BCUT2D eigenvalue weighted by Gasteiger charge is -2.24. The summed E-state index contributed by atoms with van der Waals surface area (Å²) in [7, 11) is -9.97. The lowest BCUT2D eigenvalue weighted by molar-refractivity contribution is -0.712. The second kappa shape index (κ2) is 12.6. The molecule has 0 aliphatic rings. The molecule has 1 heterocycles. The largest absolute Gasteiger partial charge is 0.341 e. The standard InChI is InChI=1S/C22H41NO6P2/c1-6-11-12-13-14-15-23-20(9-4)18(8-3)17(7-2)19(21(23)10-5)16-22(30(24,25)26)31(27,28)29/h22H,6-16H2,1-5H3,(H3-,24,25,26,27,28,29)/p+1. The zero-order valence-corrected chi connectivity index (χ0v) is 21.6. The van der Waals surface area contributed by atoms with E-state index < -0.39 is 20.6 Å². The van der Waals surface area contributed by atoms with Crippen molar-refractivity contribution in [2.24, 2.45) is 0 Å². The molecule has 0 fully saturated rings. The van der Waals surface area contributed by atoms with Crippen LogP contribution in [-0.2, 0) is 47.8 Å². The van der Waals surface area contributed by atoms with Crippen LogP contribution in [0.1, 0.15) is 94.8 Å². The summed E-state index contributed by atoms with van der Waals surface area (Å²) < 4.78 is 26.3. The summed E-state index contributed by atoms with van der Waals surface area (Å²) in [6.45, 7) is 11.2. The van der Waals surface area contributed by atoms with E-state index in [4.69, 9.17) is 0 Å². The molecule has 0 aromatic carbocycles. The minimum atomic E-state index is -4.99. The smallest absolute Gasteiger partial charge is 0.324 e. The first-order chi connectivity index (χ1) is 14.5. The van der Waals surface area contributed by atoms with E-state index in [1.165, 1.54) is 25.0 Å². The quantitative estimate of drug-likeness (QED) is 0.179. The third-order valence-electron chi connectivity index (χ3n) is 6.10. The Balaban J connectivity index is 3.65. The van der Waals surface area contributed by atoms with E-state index in [-0.39, 0.29) is 6.42 Å². The summed E-state index contributed by atoms with van der Waals surface area (Å²) in [5.41, 5.74) is 5.04. The highest BCUT2D eigenvalue weighted by atomic mass is 31.2. The molecular formula is C22H42NO6P2+. The van der Waals surface area contributed by atoms with Crippen molar-refractivity contribution in [1.82, 2.24) is 0 Å². The Labute approximate surface area is 187 Å². The summed E-state index contributed by atoms with van der Waals surface area (Å²) in [5.74, 6) is 0. The predicted octanol–water partition coefficient (Wildman–Crippen LogP) is 4.42. The van der Waals surface area contributed by atoms with Gasteiger partial charge >= 0.3 is 15.2 Å². The Bertz CT molecular complexity index is 793. The van der Waals surface area contributed by atoms with Gasteiger partial charge in [-0.25, -0.2) is 0 Å². The monoisotopic (exact) mass is 478 g/mol. The first kappa shape index (κ1) is 28.5. The van der Waals surface area contributed by atoms with Crippen molar-refractivity contribution in [3.63, 3.8) is 0 Å². The summed E-state index contributed by atoms with van der Waals surface area (Å²) >= 11 is 0. The van der Waals surface area contributed by atoms with Crippen LogP contribution in [0.3, 0.4) is 0 Å². The first-order valence-corrected chi connectivity index (χ1v) is 15.0. The van der Waals surface area contributed by atoms with Gasteiger partial charge in [0, 0.05) is 36.8 Å². The van der Waals surface area contributed by atoms with Crippen LogP contribution in [0.2, 0.25) is 0 Å². The summed E-state index contributed by atoms with van der Waals surface area (Å²) in [6.07, 6.45) is 8.30. The normalized spacial score (nSPS) is 12.7. The molecule has 0 atom stereocenters. The van der Waals surface area contributed by atoms with Crippen LogP contribution in [-0.4, -0.2) is 25.0 Å². The molecule has 0 spiro atoms. The van der Waals surface area contributed by atoms with Gasteiger partial charge in [-0.15, -0.1) is 0 Å². The molecule has 0 radical (unpaired) electrons. The van der Waals surface area contributed by atoms with Crippen molar-refractivity contribution in [2.45, 2.75) is 111 Å². The van der Waals surface area contributed by atoms with E-state index in [1.54, 1.807) is 0 Å². The van der Waals surface area contributed by atoms with E-state index in [1.807, 2.05) is 13.8 Å². The van der Waals surface area contributed by atoms with Gasteiger partial charge in [-0.05, 0) is 24.8 Å². The zero-order valence-electron chi connectivity index (χ0n) is 19.8. The number of hydrogen-bond acceptors (Lipinski definition) is 2. The van der Waals surface area contributed by atoms with Crippen LogP contribution in [0.15, 0.2) is 0 Å². The van der Waals surface area contributed by atoms with E-state index in [0.717, 1.165) is 49.0 Å². The topological polar surface area (TPSA) is 119 Å². The molecule has 0 aliphatic carbocycles. The lowest BCUT2D eigenvalue weighted by atomic mass is 9.90. The number of pyridine rings is 1. The molecule has 180 valence electrons. The van der Waals surface area contributed by atoms with E-state index >= 15 is 0 Å². The first-order valence-electron chi connectivity index (χ1n) is 11.7. The maximum absolute atomic E-state index is 12.0. The fourth-order valence-electron chi connectivity index (χ4n) is 4.67. The van der Waals surface area contributed by atoms with Crippen molar-refractivity contribution in [3.05, 3.63) is 28.1 Å². The van der Waals surface area contributed by atoms with Crippen LogP contribution >= 0.6 is 15.2 Å². The van der Waals surface area contributed by atoms with Gasteiger partial charge in [0.05, 0.1) is 0 Å². The average molecular weight is 479 g/mol. The Morgan fingerprint density at radius 3 is 1.58 bits per heavy atom. The van der Waals surface area contributed by atoms with Crippen LogP contribution in [0.5, 0.6) is 0 Å². The molecule has 7 nitrogen and oxygen atoms in total. The van der Waals surface area contributed by atoms with Crippen LogP contribution in [0.4, 0.5) is 0 Å². The van der Waals surface area contributed by atoms with Crippen LogP contribution in [0, 0.1) is 0 Å². The molecule has 9 heteroatoms. The summed E-state index contributed by atoms with van der Waals surface area (Å²) in [4.78, 5) is 38.9. The van der Waals surface area contributed by atoms with Gasteiger partial charge in [0.2, 0.25) is 0 Å². The number of hydrogen-bond donors (Lipinski definition) is 4. The minimum Gasteiger partial charge on any atom is -0.324 e. The Kier molecular flexibility index (Phi) is 11.6. The second-order valence-corrected chi connectivity index (χ2v) is 12.2. The van der Waals surface area contributed by atoms with Gasteiger partial charge in [0.1, 0.15) is 6.54 Å². The molecule has 1 aromatic rings. The molecule has 1 aromatic heterocycles. The molecule has 4 N–H and O–H groups in total. The van der Waals surface area contributed by atoms with Crippen molar-refractivity contribution < 1.29 is 33.3 Å². The third-order valence-corrected chi connectivity index (χ3v) is 9.83. The van der Waals surface area contributed by atoms with Gasteiger partial charge in [0.15, 0.2) is 16.8 Å². The van der Waals surface area contributed by atoms with Crippen molar-refractivity contribution in [1.29, 1.82) is 0 Å². The van der Waals surface area contributed by atoms with Crippen LogP contribution in [0.25, 0.3) is 0 Å². The highest BCUT2D eigenvalue weighted by Crippen LogP contribution is 2.61. The van der Waals surface area contributed by atoms with E-state index in [9.17, 15) is 28.7 Å². The fraction of sp³-hybridized carbons (Fsp3) is 0.773. The van der Waals surface area contributed by atoms with E-state index in [0.29, 0.717) is 18.4 Å². The zero-order chi connectivity index (χ0) is 23.8. The average Bonchev–Trinajstić information content (AvgIpc) is 2.68. The molecule has 0 saturated heterocycles. The minimum absolute atomic E-state index is 0.312. The molecule has 1 rings (SSSR count). The molecule has 31 heavy (non-hydrogen) atoms. The second-order valence-electron chi connectivity index (χ2n) is 8.17. The molecule has 0 unspecified atom stereocenters. The Hall–Kier alpha value is -0.550. The highest BCUT2D eigenvalue weighted by molar-refractivity contribution is 7.70. The van der Waals surface area contributed by atoms with Gasteiger partial charge in [-0.2, -0.15) is 4.57 Å². The molecule has 0 saturated carbocycles. The molecule has 0 bridgehead atoms. The van der Waals surface area contributed by atoms with Gasteiger partial charge in [-0.1, -0.05) is 53.9 Å². The third kappa shape index (κ3) is 7.48. The molecule has 0 amide bonds. The van der Waals surface area contributed by atoms with Crippen molar-refractivity contribution >= 4 is 15.2 Å². The van der Waals surface area contributed by atoms with Crippen molar-refractivity contribution in [2.75, 3.05) is 0 Å². The lowest BCUT2D eigenvalue weighted by Crippen LogP contribution is -2.46. The summed E-state index contributed by atoms with van der Waals surface area (Å²) in [5, 5.41) is -2.01. The summed E-state index contributed by atoms with van der Waals surface area (Å²) in [6, 6.07) is 0. The van der Waals surface area contributed by atoms with Crippen LogP contribution < -0.4 is 4.57 Å².